The molecule has 0 amide bonds. The Hall–Kier alpha value is -4.13. The molecule has 46 heavy (non-hydrogen) atoms. The lowest BCUT2D eigenvalue weighted by molar-refractivity contribution is -0.193. The maximum Gasteiger partial charge on any atom is 0.490 e. The van der Waals surface area contributed by atoms with Crippen LogP contribution in [0.3, 0.4) is 0 Å². The SMILES string of the molecule is CN1CCN(c2cc(C3c4ccccc4CCCN3C)ccn2)CC1.O=C(O)C(F)(F)F.O=C(O)C(F)(F)F.O=C(O)C(F)(F)F. The predicted molar refractivity (Wildman–Crippen MR) is 144 cm³/mol. The molecule has 2 aliphatic heterocycles. The van der Waals surface area contributed by atoms with Gasteiger partial charge in [0.1, 0.15) is 5.82 Å². The van der Waals surface area contributed by atoms with Gasteiger partial charge in [0.05, 0.1) is 6.04 Å². The van der Waals surface area contributed by atoms with Crippen molar-refractivity contribution >= 4 is 23.7 Å². The van der Waals surface area contributed by atoms with E-state index in [2.05, 4.69) is 70.2 Å². The molecule has 0 radical (unpaired) electrons. The van der Waals surface area contributed by atoms with Gasteiger partial charge in [-0.3, -0.25) is 4.90 Å². The second-order valence-corrected chi connectivity index (χ2v) is 9.83. The maximum atomic E-state index is 10.6. The zero-order chi connectivity index (χ0) is 35.5. The number of alkyl halides is 9. The minimum absolute atomic E-state index is 0.327. The fourth-order valence-corrected chi connectivity index (χ4v) is 4.16. The minimum Gasteiger partial charge on any atom is -0.475 e. The number of anilines is 1. The van der Waals surface area contributed by atoms with Crippen LogP contribution in [0.5, 0.6) is 0 Å². The quantitative estimate of drug-likeness (QED) is 0.384. The number of halogens is 9. The highest BCUT2D eigenvalue weighted by Gasteiger charge is 2.39. The van der Waals surface area contributed by atoms with E-state index >= 15 is 0 Å². The normalized spacial score (nSPS) is 17.4. The Morgan fingerprint density at radius 3 is 1.65 bits per heavy atom. The Morgan fingerprint density at radius 2 is 1.20 bits per heavy atom. The van der Waals surface area contributed by atoms with Gasteiger partial charge in [-0.25, -0.2) is 19.4 Å². The molecule has 19 heteroatoms. The summed E-state index contributed by atoms with van der Waals surface area (Å²) in [4.78, 5) is 38.7. The van der Waals surface area contributed by atoms with Crippen LogP contribution in [-0.2, 0) is 20.8 Å². The van der Waals surface area contributed by atoms with Crippen molar-refractivity contribution in [2.75, 3.05) is 51.7 Å². The second kappa shape index (κ2) is 17.0. The van der Waals surface area contributed by atoms with Crippen molar-refractivity contribution < 1.29 is 69.2 Å². The van der Waals surface area contributed by atoms with E-state index in [0.717, 1.165) is 38.5 Å². The van der Waals surface area contributed by atoms with Crippen LogP contribution in [0, 0.1) is 0 Å². The van der Waals surface area contributed by atoms with Gasteiger partial charge >= 0.3 is 36.4 Å². The number of carboxylic acids is 3. The number of hydrogen-bond acceptors (Lipinski definition) is 7. The van der Waals surface area contributed by atoms with Crippen LogP contribution in [0.4, 0.5) is 45.3 Å². The van der Waals surface area contributed by atoms with Crippen LogP contribution in [0.25, 0.3) is 0 Å². The number of pyridine rings is 1. The molecule has 1 aromatic heterocycles. The Morgan fingerprint density at radius 1 is 0.739 bits per heavy atom. The van der Waals surface area contributed by atoms with E-state index in [1.807, 2.05) is 6.20 Å². The summed E-state index contributed by atoms with van der Waals surface area (Å²) in [5, 5.41) is 21.4. The monoisotopic (exact) mass is 678 g/mol. The molecule has 1 unspecified atom stereocenters. The average molecular weight is 679 g/mol. The van der Waals surface area contributed by atoms with E-state index in [1.165, 1.54) is 29.5 Å². The van der Waals surface area contributed by atoms with Crippen molar-refractivity contribution in [1.29, 1.82) is 0 Å². The lowest BCUT2D eigenvalue weighted by Crippen LogP contribution is -2.44. The molecule has 3 N–H and O–H groups in total. The molecule has 1 saturated heterocycles. The number of likely N-dealkylation sites (N-methyl/N-ethyl adjacent to an activating group) is 1. The lowest BCUT2D eigenvalue weighted by Gasteiger charge is -2.34. The molecule has 258 valence electrons. The number of carbonyl (C=O) groups is 3. The molecule has 4 rings (SSSR count). The maximum absolute atomic E-state index is 10.6. The molecule has 0 saturated carbocycles. The first-order chi connectivity index (χ1) is 21.1. The van der Waals surface area contributed by atoms with Crippen LogP contribution in [0.2, 0.25) is 0 Å². The number of hydrogen-bond donors (Lipinski definition) is 3. The highest BCUT2D eigenvalue weighted by Crippen LogP contribution is 2.34. The van der Waals surface area contributed by atoms with Crippen LogP contribution in [0.1, 0.15) is 29.2 Å². The zero-order valence-corrected chi connectivity index (χ0v) is 24.3. The summed E-state index contributed by atoms with van der Waals surface area (Å²) in [5.41, 5.74) is 4.31. The van der Waals surface area contributed by atoms with E-state index in [9.17, 15) is 39.5 Å². The van der Waals surface area contributed by atoms with Gasteiger partial charge in [-0.05, 0) is 62.3 Å². The molecule has 3 heterocycles. The summed E-state index contributed by atoms with van der Waals surface area (Å²) in [6, 6.07) is 13.8. The number of aromatic nitrogens is 1. The highest BCUT2D eigenvalue weighted by atomic mass is 19.4. The number of fused-ring (bicyclic) bond motifs is 1. The third kappa shape index (κ3) is 13.5. The van der Waals surface area contributed by atoms with Gasteiger partial charge in [0, 0.05) is 32.4 Å². The van der Waals surface area contributed by atoms with Gasteiger partial charge in [0.2, 0.25) is 0 Å². The van der Waals surface area contributed by atoms with Crippen molar-refractivity contribution in [3.8, 4) is 0 Å². The highest BCUT2D eigenvalue weighted by molar-refractivity contribution is 5.73. The third-order valence-electron chi connectivity index (χ3n) is 6.39. The number of carboxylic acid groups (broad SMARTS) is 3. The van der Waals surface area contributed by atoms with Crippen molar-refractivity contribution in [1.82, 2.24) is 14.8 Å². The molecule has 1 fully saturated rings. The molecular formula is C27H31F9N4O6. The van der Waals surface area contributed by atoms with Crippen molar-refractivity contribution in [2.24, 2.45) is 0 Å². The van der Waals surface area contributed by atoms with Crippen LogP contribution < -0.4 is 4.90 Å². The molecular weight excluding hydrogens is 647 g/mol. The molecule has 0 spiro atoms. The summed E-state index contributed by atoms with van der Waals surface area (Å²) >= 11 is 0. The van der Waals surface area contributed by atoms with Crippen LogP contribution in [0.15, 0.2) is 42.6 Å². The number of piperazine rings is 1. The summed E-state index contributed by atoms with van der Waals surface area (Å²) in [6.45, 7) is 5.47. The first-order valence-corrected chi connectivity index (χ1v) is 13.1. The molecule has 2 aromatic rings. The van der Waals surface area contributed by atoms with Crippen molar-refractivity contribution in [2.45, 2.75) is 37.4 Å². The van der Waals surface area contributed by atoms with Gasteiger partial charge in [0.25, 0.3) is 0 Å². The number of benzene rings is 1. The van der Waals surface area contributed by atoms with Crippen molar-refractivity contribution in [3.05, 3.63) is 59.3 Å². The molecule has 0 bridgehead atoms. The van der Waals surface area contributed by atoms with Gasteiger partial charge in [-0.1, -0.05) is 24.3 Å². The third-order valence-corrected chi connectivity index (χ3v) is 6.39. The standard InChI is InChI=1S/C21H28N4.3C2HF3O2/c1-23-12-14-25(15-13-23)20-16-18(9-10-22-20)21-19-8-4-3-6-17(19)7-5-11-24(21)2;3*3-2(4,5)1(6)7/h3-4,6,8-10,16,21H,5,7,11-15H2,1-2H3;3*(H,6,7). The van der Waals surface area contributed by atoms with E-state index in [-0.39, 0.29) is 0 Å². The summed E-state index contributed by atoms with van der Waals surface area (Å²) < 4.78 is 95.2. The van der Waals surface area contributed by atoms with Gasteiger partial charge < -0.3 is 25.1 Å². The van der Waals surface area contributed by atoms with E-state index in [4.69, 9.17) is 29.7 Å². The lowest BCUT2D eigenvalue weighted by atomic mass is 9.94. The first kappa shape index (κ1) is 39.9. The van der Waals surface area contributed by atoms with Gasteiger partial charge in [0.15, 0.2) is 0 Å². The topological polar surface area (TPSA) is 135 Å². The largest absolute Gasteiger partial charge is 0.490 e. The van der Waals surface area contributed by atoms with E-state index in [0.29, 0.717) is 6.04 Å². The molecule has 2 aliphatic rings. The summed E-state index contributed by atoms with van der Waals surface area (Å²) in [7, 11) is 4.45. The fourth-order valence-electron chi connectivity index (χ4n) is 4.16. The van der Waals surface area contributed by atoms with Crippen LogP contribution in [-0.4, -0.2) is 113 Å². The van der Waals surface area contributed by atoms with E-state index < -0.39 is 36.4 Å². The first-order valence-electron chi connectivity index (χ1n) is 13.1. The average Bonchev–Trinajstić information content (AvgIpc) is 3.11. The smallest absolute Gasteiger partial charge is 0.475 e. The zero-order valence-electron chi connectivity index (χ0n) is 24.3. The number of aryl methyl sites for hydroxylation is 1. The Labute approximate surface area is 256 Å². The minimum atomic E-state index is -5.08. The van der Waals surface area contributed by atoms with Crippen molar-refractivity contribution in [3.63, 3.8) is 0 Å². The molecule has 0 aliphatic carbocycles. The fraction of sp³-hybridized carbons (Fsp3) is 0.481. The molecule has 1 aromatic carbocycles. The molecule has 1 atom stereocenters. The summed E-state index contributed by atoms with van der Waals surface area (Å²) in [5.74, 6) is -7.15. The Bertz CT molecular complexity index is 1240. The second-order valence-electron chi connectivity index (χ2n) is 9.83. The number of aliphatic carboxylic acids is 3. The number of rotatable bonds is 2. The number of nitrogens with zero attached hydrogens (tertiary/aromatic N) is 4. The Kier molecular flexibility index (Phi) is 14.7. The Balaban J connectivity index is 0.000000413. The predicted octanol–water partition coefficient (Wildman–Crippen LogP) is 4.70. The van der Waals surface area contributed by atoms with Crippen LogP contribution >= 0.6 is 0 Å². The van der Waals surface area contributed by atoms with Gasteiger partial charge in [-0.2, -0.15) is 39.5 Å². The summed E-state index contributed by atoms with van der Waals surface area (Å²) in [6.07, 6.45) is -10.9. The van der Waals surface area contributed by atoms with Gasteiger partial charge in [-0.15, -0.1) is 0 Å². The molecule has 10 nitrogen and oxygen atoms in total. The van der Waals surface area contributed by atoms with E-state index in [1.54, 1.807) is 0 Å².